The van der Waals surface area contributed by atoms with Gasteiger partial charge in [0, 0.05) is 50.7 Å². The van der Waals surface area contributed by atoms with E-state index >= 15 is 0 Å². The average Bonchev–Trinajstić information content (AvgIpc) is 2.45. The molecule has 0 bridgehead atoms. The number of hydrogen-bond donors (Lipinski definition) is 1. The molecule has 1 heterocycles. The van der Waals surface area contributed by atoms with E-state index in [1.54, 1.807) is 0 Å². The van der Waals surface area contributed by atoms with Crippen molar-refractivity contribution in [3.8, 4) is 0 Å². The van der Waals surface area contributed by atoms with E-state index in [9.17, 15) is 4.79 Å². The van der Waals surface area contributed by atoms with Gasteiger partial charge in [-0.1, -0.05) is 23.7 Å². The maximum Gasteiger partial charge on any atom is 0.223 e. The maximum absolute atomic E-state index is 11.9. The molecule has 1 aliphatic heterocycles. The Morgan fingerprint density at radius 3 is 2.70 bits per heavy atom. The number of hydrogen-bond acceptors (Lipinski definition) is 3. The van der Waals surface area contributed by atoms with Gasteiger partial charge in [0.15, 0.2) is 0 Å². The number of amides is 1. The summed E-state index contributed by atoms with van der Waals surface area (Å²) in [5.41, 5.74) is 1.23. The molecule has 2 rings (SSSR count). The smallest absolute Gasteiger partial charge is 0.223 e. The molecule has 0 atom stereocenters. The molecule has 1 fully saturated rings. The fourth-order valence-corrected chi connectivity index (χ4v) is 2.65. The van der Waals surface area contributed by atoms with Gasteiger partial charge < -0.3 is 10.2 Å². The Morgan fingerprint density at radius 2 is 2.05 bits per heavy atom. The number of piperazine rings is 1. The van der Waals surface area contributed by atoms with Gasteiger partial charge in [0.05, 0.1) is 0 Å². The van der Waals surface area contributed by atoms with Crippen LogP contribution < -0.4 is 5.32 Å². The summed E-state index contributed by atoms with van der Waals surface area (Å²) in [6, 6.07) is 7.97. The van der Waals surface area contributed by atoms with Crippen molar-refractivity contribution in [1.29, 1.82) is 0 Å². The molecule has 1 aromatic rings. The van der Waals surface area contributed by atoms with E-state index in [2.05, 4.69) is 16.3 Å². The summed E-state index contributed by atoms with van der Waals surface area (Å²) >= 11 is 6.00. The van der Waals surface area contributed by atoms with Crippen LogP contribution in [0.25, 0.3) is 0 Å². The first-order valence-corrected chi connectivity index (χ1v) is 7.46. The third-order valence-corrected chi connectivity index (χ3v) is 3.84. The molecular weight excluding hydrogens is 274 g/mol. The summed E-state index contributed by atoms with van der Waals surface area (Å²) in [4.78, 5) is 16.2. The molecule has 0 spiro atoms. The minimum absolute atomic E-state index is 0.252. The lowest BCUT2D eigenvalue weighted by Crippen LogP contribution is -2.48. The Morgan fingerprint density at radius 1 is 1.30 bits per heavy atom. The first-order valence-electron chi connectivity index (χ1n) is 7.08. The van der Waals surface area contributed by atoms with Crippen LogP contribution in [0.2, 0.25) is 5.02 Å². The van der Waals surface area contributed by atoms with Crippen molar-refractivity contribution < 1.29 is 4.79 Å². The monoisotopic (exact) mass is 295 g/mol. The van der Waals surface area contributed by atoms with Gasteiger partial charge in [-0.25, -0.2) is 0 Å². The topological polar surface area (TPSA) is 35.6 Å². The molecule has 1 amide bonds. The largest absolute Gasteiger partial charge is 0.340 e. The summed E-state index contributed by atoms with van der Waals surface area (Å²) in [6.07, 6.45) is 0.588. The Balaban J connectivity index is 1.78. The van der Waals surface area contributed by atoms with E-state index in [0.29, 0.717) is 6.42 Å². The third kappa shape index (κ3) is 4.47. The molecule has 0 aromatic heterocycles. The second-order valence-corrected chi connectivity index (χ2v) is 5.58. The van der Waals surface area contributed by atoms with E-state index < -0.39 is 0 Å². The fraction of sp³-hybridized carbons (Fsp3) is 0.533. The zero-order valence-corrected chi connectivity index (χ0v) is 12.7. The number of rotatable bonds is 5. The molecule has 0 aliphatic carbocycles. The van der Waals surface area contributed by atoms with E-state index in [0.717, 1.165) is 44.3 Å². The molecule has 4 nitrogen and oxygen atoms in total. The van der Waals surface area contributed by atoms with Gasteiger partial charge >= 0.3 is 0 Å². The highest BCUT2D eigenvalue weighted by atomic mass is 35.5. The number of carbonyl (C=O) groups excluding carboxylic acids is 1. The van der Waals surface area contributed by atoms with Crippen molar-refractivity contribution in [1.82, 2.24) is 15.1 Å². The first-order chi connectivity index (χ1) is 9.69. The van der Waals surface area contributed by atoms with Gasteiger partial charge in [0.1, 0.15) is 0 Å². The van der Waals surface area contributed by atoms with E-state index in [1.165, 1.54) is 5.56 Å². The number of carbonyl (C=O) groups is 1. The predicted octanol–water partition coefficient (Wildman–Crippen LogP) is 1.59. The van der Waals surface area contributed by atoms with Crippen LogP contribution in [0, 0.1) is 0 Å². The predicted molar refractivity (Wildman–Crippen MR) is 81.9 cm³/mol. The van der Waals surface area contributed by atoms with Gasteiger partial charge in [-0.05, 0) is 24.7 Å². The van der Waals surface area contributed by atoms with Gasteiger partial charge in [0.25, 0.3) is 0 Å². The second kappa shape index (κ2) is 7.62. The fourth-order valence-electron chi connectivity index (χ4n) is 2.44. The average molecular weight is 296 g/mol. The number of nitrogens with one attached hydrogen (secondary N) is 1. The molecule has 1 aromatic carbocycles. The number of nitrogens with zero attached hydrogens (tertiary/aromatic N) is 2. The Hall–Kier alpha value is -1.10. The maximum atomic E-state index is 11.9. The minimum atomic E-state index is 0.252. The Bertz CT molecular complexity index is 444. The van der Waals surface area contributed by atoms with Gasteiger partial charge in [-0.15, -0.1) is 0 Å². The second-order valence-electron chi connectivity index (χ2n) is 5.14. The summed E-state index contributed by atoms with van der Waals surface area (Å²) in [6.45, 7) is 5.16. The molecule has 1 aliphatic rings. The van der Waals surface area contributed by atoms with Gasteiger partial charge in [0.2, 0.25) is 5.91 Å². The van der Waals surface area contributed by atoms with Crippen molar-refractivity contribution in [2.45, 2.75) is 13.0 Å². The van der Waals surface area contributed by atoms with Crippen LogP contribution >= 0.6 is 11.6 Å². The Kier molecular flexibility index (Phi) is 5.83. The summed E-state index contributed by atoms with van der Waals surface area (Å²) in [5.74, 6) is 0.252. The van der Waals surface area contributed by atoms with Crippen molar-refractivity contribution in [2.75, 3.05) is 39.8 Å². The quantitative estimate of drug-likeness (QED) is 0.896. The van der Waals surface area contributed by atoms with Crippen molar-refractivity contribution in [3.63, 3.8) is 0 Å². The van der Waals surface area contributed by atoms with E-state index in [1.807, 2.05) is 30.1 Å². The zero-order valence-electron chi connectivity index (χ0n) is 11.9. The van der Waals surface area contributed by atoms with Crippen LogP contribution in [-0.4, -0.2) is 55.5 Å². The minimum Gasteiger partial charge on any atom is -0.340 e. The highest BCUT2D eigenvalue weighted by molar-refractivity contribution is 6.30. The van der Waals surface area contributed by atoms with Crippen LogP contribution in [0.4, 0.5) is 0 Å². The van der Waals surface area contributed by atoms with Crippen LogP contribution in [0.15, 0.2) is 24.3 Å². The van der Waals surface area contributed by atoms with Crippen LogP contribution in [0.5, 0.6) is 0 Å². The third-order valence-electron chi connectivity index (χ3n) is 3.61. The van der Waals surface area contributed by atoms with Crippen LogP contribution in [0.3, 0.4) is 0 Å². The lowest BCUT2D eigenvalue weighted by Gasteiger charge is -2.34. The van der Waals surface area contributed by atoms with Gasteiger partial charge in [-0.3, -0.25) is 9.69 Å². The van der Waals surface area contributed by atoms with E-state index in [4.69, 9.17) is 11.6 Å². The van der Waals surface area contributed by atoms with Gasteiger partial charge in [-0.2, -0.15) is 0 Å². The lowest BCUT2D eigenvalue weighted by molar-refractivity contribution is -0.132. The number of halogens is 1. The molecule has 110 valence electrons. The Labute approximate surface area is 125 Å². The van der Waals surface area contributed by atoms with Crippen molar-refractivity contribution in [2.24, 2.45) is 0 Å². The molecule has 0 saturated carbocycles. The first kappa shape index (κ1) is 15.3. The molecule has 20 heavy (non-hydrogen) atoms. The molecular formula is C15H22ClN3O. The van der Waals surface area contributed by atoms with Crippen LogP contribution in [-0.2, 0) is 11.3 Å². The molecule has 1 N–H and O–H groups in total. The standard InChI is InChI=1S/C15H22ClN3O/c1-17-6-5-15(20)19-9-7-18(8-10-19)12-13-3-2-4-14(16)11-13/h2-4,11,17H,5-10,12H2,1H3. The summed E-state index contributed by atoms with van der Waals surface area (Å²) in [5, 5.41) is 3.79. The van der Waals surface area contributed by atoms with Crippen LogP contribution in [0.1, 0.15) is 12.0 Å². The lowest BCUT2D eigenvalue weighted by atomic mass is 10.2. The molecule has 1 saturated heterocycles. The van der Waals surface area contributed by atoms with Crippen molar-refractivity contribution in [3.05, 3.63) is 34.9 Å². The van der Waals surface area contributed by atoms with E-state index in [-0.39, 0.29) is 5.91 Å². The highest BCUT2D eigenvalue weighted by Gasteiger charge is 2.20. The SMILES string of the molecule is CNCCC(=O)N1CCN(Cc2cccc(Cl)c2)CC1. The zero-order chi connectivity index (χ0) is 14.4. The summed E-state index contributed by atoms with van der Waals surface area (Å²) < 4.78 is 0. The normalized spacial score (nSPS) is 16.4. The highest BCUT2D eigenvalue weighted by Crippen LogP contribution is 2.14. The van der Waals surface area contributed by atoms with Crippen molar-refractivity contribution >= 4 is 17.5 Å². The molecule has 5 heteroatoms. The molecule has 0 unspecified atom stereocenters. The molecule has 0 radical (unpaired) electrons. The summed E-state index contributed by atoms with van der Waals surface area (Å²) in [7, 11) is 1.87. The number of benzene rings is 1.